The van der Waals surface area contributed by atoms with Gasteiger partial charge in [0.25, 0.3) is 0 Å². The molecule has 0 heterocycles. The quantitative estimate of drug-likeness (QED) is 0.0346. The average Bonchev–Trinajstić information content (AvgIpc) is 3.24. The summed E-state index contributed by atoms with van der Waals surface area (Å²) in [5.74, 6) is -1.49. The van der Waals surface area contributed by atoms with E-state index in [0.717, 1.165) is 10.6 Å². The van der Waals surface area contributed by atoms with Crippen LogP contribution in [0.5, 0.6) is 0 Å². The van der Waals surface area contributed by atoms with Crippen LogP contribution in [0.15, 0.2) is 157 Å². The topological polar surface area (TPSA) is 105 Å². The second kappa shape index (κ2) is 21.8. The maximum absolute atomic E-state index is 14.1. The molecule has 284 valence electrons. The lowest BCUT2D eigenvalue weighted by Gasteiger charge is -2.38. The normalized spacial score (nSPS) is 13.6. The summed E-state index contributed by atoms with van der Waals surface area (Å²) in [6.45, 7) is 3.52. The number of benzene rings is 5. The van der Waals surface area contributed by atoms with Gasteiger partial charge in [0.15, 0.2) is 18.3 Å². The van der Waals surface area contributed by atoms with Crippen molar-refractivity contribution in [2.24, 2.45) is 0 Å². The van der Waals surface area contributed by atoms with Gasteiger partial charge in [-0.25, -0.2) is 19.2 Å². The molecule has 0 amide bonds. The molecule has 0 aliphatic heterocycles. The van der Waals surface area contributed by atoms with Gasteiger partial charge >= 0.3 is 23.9 Å². The number of thioether (sulfide) groups is 3. The van der Waals surface area contributed by atoms with Crippen LogP contribution in [0.25, 0.3) is 0 Å². The third-order valence-corrected chi connectivity index (χ3v) is 12.5. The summed E-state index contributed by atoms with van der Waals surface area (Å²) in [6, 6.07) is 43.5. The molecule has 5 rings (SSSR count). The van der Waals surface area contributed by atoms with Gasteiger partial charge in [0.2, 0.25) is 0 Å². The monoisotopic (exact) mass is 794 g/mol. The maximum atomic E-state index is 14.1. The largest absolute Gasteiger partial charge is 0.458 e. The maximum Gasteiger partial charge on any atom is 0.338 e. The van der Waals surface area contributed by atoms with Crippen molar-refractivity contribution in [2.45, 2.75) is 46.9 Å². The Kier molecular flexibility index (Phi) is 16.3. The van der Waals surface area contributed by atoms with Gasteiger partial charge in [-0.3, -0.25) is 0 Å². The van der Waals surface area contributed by atoms with Gasteiger partial charge in [-0.05, 0) is 72.2 Å². The highest BCUT2D eigenvalue weighted by Crippen LogP contribution is 2.42. The molecule has 0 aliphatic carbocycles. The second-order valence-electron chi connectivity index (χ2n) is 11.9. The molecule has 0 aliphatic rings. The Labute approximate surface area is 334 Å². The number of hydrogen-bond acceptors (Lipinski definition) is 11. The molecule has 0 N–H and O–H groups in total. The Morgan fingerprint density at radius 2 is 0.855 bits per heavy atom. The van der Waals surface area contributed by atoms with E-state index < -0.39 is 54.0 Å². The summed E-state index contributed by atoms with van der Waals surface area (Å²) in [5.41, 5.74) is 1.02. The predicted octanol–water partition coefficient (Wildman–Crippen LogP) is 9.51. The Balaban J connectivity index is 1.65. The van der Waals surface area contributed by atoms with Crippen LogP contribution in [0.2, 0.25) is 0 Å². The predicted molar refractivity (Wildman–Crippen MR) is 220 cm³/mol. The molecular formula is C44H42O8S3. The Bertz CT molecular complexity index is 1930. The van der Waals surface area contributed by atoms with E-state index in [1.807, 2.05) is 44.2 Å². The number of carbonyl (C=O) groups is 4. The van der Waals surface area contributed by atoms with Gasteiger partial charge in [0, 0.05) is 4.90 Å². The van der Waals surface area contributed by atoms with Crippen LogP contribution in [-0.2, 0) is 18.9 Å². The fourth-order valence-corrected chi connectivity index (χ4v) is 9.89. The van der Waals surface area contributed by atoms with Gasteiger partial charge in [-0.1, -0.05) is 105 Å². The van der Waals surface area contributed by atoms with Crippen molar-refractivity contribution >= 4 is 59.2 Å². The Hall–Kier alpha value is -4.97. The van der Waals surface area contributed by atoms with Crippen LogP contribution in [0.1, 0.15) is 55.3 Å². The van der Waals surface area contributed by atoms with Crippen molar-refractivity contribution in [2.75, 3.05) is 18.1 Å². The zero-order valence-corrected chi connectivity index (χ0v) is 32.9. The third kappa shape index (κ3) is 12.3. The Morgan fingerprint density at radius 1 is 0.473 bits per heavy atom. The fraction of sp³-hybridized carbons (Fsp3) is 0.227. The smallest absolute Gasteiger partial charge is 0.338 e. The number of rotatable bonds is 19. The Morgan fingerprint density at radius 3 is 1.29 bits per heavy atom. The van der Waals surface area contributed by atoms with Gasteiger partial charge in [0.05, 0.1) is 32.1 Å². The summed E-state index contributed by atoms with van der Waals surface area (Å²) in [7, 11) is 0. The first-order chi connectivity index (χ1) is 26.9. The number of esters is 4. The van der Waals surface area contributed by atoms with Crippen molar-refractivity contribution < 1.29 is 38.1 Å². The van der Waals surface area contributed by atoms with E-state index >= 15 is 0 Å². The number of ether oxygens (including phenoxy) is 4. The third-order valence-electron chi connectivity index (χ3n) is 8.13. The molecule has 5 aromatic carbocycles. The average molecular weight is 795 g/mol. The summed E-state index contributed by atoms with van der Waals surface area (Å²) in [5, 5.41) is -0.538. The first-order valence-electron chi connectivity index (χ1n) is 17.8. The molecule has 0 saturated carbocycles. The lowest BCUT2D eigenvalue weighted by Crippen LogP contribution is -2.53. The van der Waals surface area contributed by atoms with Gasteiger partial charge < -0.3 is 18.9 Å². The van der Waals surface area contributed by atoms with Crippen LogP contribution in [0, 0.1) is 0 Å². The molecule has 0 saturated heterocycles. The van der Waals surface area contributed by atoms with E-state index in [4.69, 9.17) is 18.9 Å². The zero-order chi connectivity index (χ0) is 38.8. The number of hydrogen-bond donors (Lipinski definition) is 0. The molecular weight excluding hydrogens is 753 g/mol. The van der Waals surface area contributed by atoms with Crippen molar-refractivity contribution in [3.8, 4) is 0 Å². The lowest BCUT2D eigenvalue weighted by molar-refractivity contribution is -0.101. The molecule has 0 bridgehead atoms. The van der Waals surface area contributed by atoms with Gasteiger partial charge in [-0.15, -0.1) is 23.5 Å². The van der Waals surface area contributed by atoms with Crippen molar-refractivity contribution in [1.29, 1.82) is 0 Å². The first kappa shape index (κ1) is 41.2. The first-order valence-corrected chi connectivity index (χ1v) is 20.8. The molecule has 0 spiro atoms. The molecule has 0 fully saturated rings. The van der Waals surface area contributed by atoms with Crippen LogP contribution in [0.3, 0.4) is 0 Å². The van der Waals surface area contributed by atoms with E-state index in [-0.39, 0.29) is 26.8 Å². The van der Waals surface area contributed by atoms with E-state index in [9.17, 15) is 19.2 Å². The second-order valence-corrected chi connectivity index (χ2v) is 16.3. The van der Waals surface area contributed by atoms with E-state index in [1.54, 1.807) is 145 Å². The summed E-state index contributed by atoms with van der Waals surface area (Å²) in [4.78, 5) is 56.4. The SMILES string of the molecule is CCS[C@@H](Sc1ccccc1)[C@H](SCC)[C@H](OC(=O)c1ccccc1)[C@H](OC(=O)c1ccccc1)[C@@H](COC(=O)c1ccccc1)OC(=O)c1ccccc1. The minimum atomic E-state index is -1.45. The van der Waals surface area contributed by atoms with E-state index in [2.05, 4.69) is 0 Å². The lowest BCUT2D eigenvalue weighted by atomic mass is 10.0. The van der Waals surface area contributed by atoms with Crippen molar-refractivity contribution in [1.82, 2.24) is 0 Å². The van der Waals surface area contributed by atoms with Crippen LogP contribution in [-0.4, -0.2) is 70.1 Å². The van der Waals surface area contributed by atoms with Gasteiger partial charge in [0.1, 0.15) is 6.61 Å². The molecule has 0 aromatic heterocycles. The van der Waals surface area contributed by atoms with Crippen LogP contribution in [0.4, 0.5) is 0 Å². The highest BCUT2D eigenvalue weighted by Gasteiger charge is 2.46. The molecule has 8 nitrogen and oxygen atoms in total. The van der Waals surface area contributed by atoms with Crippen molar-refractivity contribution in [3.05, 3.63) is 174 Å². The molecule has 0 radical (unpaired) electrons. The highest BCUT2D eigenvalue weighted by molar-refractivity contribution is 8.18. The number of carbonyl (C=O) groups excluding carboxylic acids is 4. The molecule has 0 unspecified atom stereocenters. The molecule has 5 aromatic rings. The summed E-state index contributed by atoms with van der Waals surface area (Å²) >= 11 is 4.79. The standard InChI is InChI=1S/C44H42O8S3/c1-3-53-39(44(54-4-2)55-35-28-18-9-19-29-35)38(52-43(48)34-26-16-8-17-27-34)37(51-42(47)33-24-14-7-15-25-33)36(50-41(46)32-22-12-6-13-23-32)30-49-40(45)31-20-10-5-11-21-31/h5-29,36-39,44H,3-4,30H2,1-2H3/t36-,37-,38-,39-,44+/m1/s1. The van der Waals surface area contributed by atoms with Crippen molar-refractivity contribution in [3.63, 3.8) is 0 Å². The highest BCUT2D eigenvalue weighted by atomic mass is 32.2. The summed E-state index contributed by atoms with van der Waals surface area (Å²) in [6.07, 6.45) is -4.08. The van der Waals surface area contributed by atoms with E-state index in [1.165, 1.54) is 11.8 Å². The molecule has 5 atom stereocenters. The van der Waals surface area contributed by atoms with E-state index in [0.29, 0.717) is 5.75 Å². The molecule has 11 heteroatoms. The summed E-state index contributed by atoms with van der Waals surface area (Å²) < 4.78 is 24.6. The minimum Gasteiger partial charge on any atom is -0.458 e. The molecule has 55 heavy (non-hydrogen) atoms. The fourth-order valence-electron chi connectivity index (χ4n) is 5.51. The van der Waals surface area contributed by atoms with Gasteiger partial charge in [-0.2, -0.15) is 11.8 Å². The minimum absolute atomic E-state index is 0.228. The zero-order valence-electron chi connectivity index (χ0n) is 30.4. The van der Waals surface area contributed by atoms with Crippen LogP contribution >= 0.6 is 35.3 Å². The van der Waals surface area contributed by atoms with Crippen LogP contribution < -0.4 is 0 Å².